The van der Waals surface area contributed by atoms with E-state index in [1.54, 1.807) is 7.11 Å². The number of aryl methyl sites for hydroxylation is 1. The molecule has 4 aromatic rings. The summed E-state index contributed by atoms with van der Waals surface area (Å²) in [6.45, 7) is 6.86. The fourth-order valence-corrected chi connectivity index (χ4v) is 4.15. The Kier molecular flexibility index (Phi) is 5.26. The van der Waals surface area contributed by atoms with Gasteiger partial charge in [0.1, 0.15) is 5.75 Å². The number of nitrogens with zero attached hydrogens (tertiary/aromatic N) is 6. The van der Waals surface area contributed by atoms with Gasteiger partial charge in [0.05, 0.1) is 30.2 Å². The molecule has 1 fully saturated rings. The second-order valence-electron chi connectivity index (χ2n) is 7.92. The van der Waals surface area contributed by atoms with Crippen molar-refractivity contribution in [3.63, 3.8) is 0 Å². The van der Waals surface area contributed by atoms with Gasteiger partial charge < -0.3 is 9.64 Å². The highest BCUT2D eigenvalue weighted by molar-refractivity contribution is 5.88. The van der Waals surface area contributed by atoms with Crippen molar-refractivity contribution in [3.05, 3.63) is 72.2 Å². The van der Waals surface area contributed by atoms with Crippen molar-refractivity contribution in [2.75, 3.05) is 38.2 Å². The smallest absolute Gasteiger partial charge is 0.119 e. The Morgan fingerprint density at radius 2 is 1.77 bits per heavy atom. The van der Waals surface area contributed by atoms with Crippen LogP contribution in [-0.4, -0.2) is 58.2 Å². The van der Waals surface area contributed by atoms with Crippen molar-refractivity contribution in [3.8, 4) is 11.4 Å². The van der Waals surface area contributed by atoms with E-state index in [1.807, 2.05) is 42.1 Å². The van der Waals surface area contributed by atoms with Crippen LogP contribution in [0.3, 0.4) is 0 Å². The van der Waals surface area contributed by atoms with Crippen LogP contribution in [0.4, 0.5) is 5.69 Å². The lowest BCUT2D eigenvalue weighted by atomic mass is 10.1. The Labute approximate surface area is 181 Å². The summed E-state index contributed by atoms with van der Waals surface area (Å²) in [6, 6.07) is 18.6. The molecule has 0 radical (unpaired) electrons. The van der Waals surface area contributed by atoms with Crippen LogP contribution >= 0.6 is 0 Å². The molecule has 2 aromatic heterocycles. The Morgan fingerprint density at radius 1 is 0.968 bits per heavy atom. The van der Waals surface area contributed by atoms with E-state index in [-0.39, 0.29) is 0 Å². The van der Waals surface area contributed by atoms with Crippen molar-refractivity contribution in [2.24, 2.45) is 0 Å². The molecule has 0 bridgehead atoms. The SMILES string of the molecule is COc1ccc2nc(C)cc(-n3cc(CN4CCN(c5ccccc5)CC4)nn3)c2c1. The Bertz CT molecular complexity index is 1180. The minimum absolute atomic E-state index is 0.800. The van der Waals surface area contributed by atoms with Gasteiger partial charge in [-0.25, -0.2) is 4.68 Å². The lowest BCUT2D eigenvalue weighted by molar-refractivity contribution is 0.247. The summed E-state index contributed by atoms with van der Waals surface area (Å²) >= 11 is 0. The third-order valence-electron chi connectivity index (χ3n) is 5.79. The number of methoxy groups -OCH3 is 1. The van der Waals surface area contributed by atoms with Crippen molar-refractivity contribution in [2.45, 2.75) is 13.5 Å². The molecule has 7 heteroatoms. The van der Waals surface area contributed by atoms with E-state index in [2.05, 4.69) is 55.4 Å². The molecule has 0 aliphatic carbocycles. The average Bonchev–Trinajstić information content (AvgIpc) is 3.27. The summed E-state index contributed by atoms with van der Waals surface area (Å²) in [5, 5.41) is 9.87. The van der Waals surface area contributed by atoms with Gasteiger partial charge in [-0.2, -0.15) is 0 Å². The molecular weight excluding hydrogens is 388 g/mol. The second-order valence-corrected chi connectivity index (χ2v) is 7.92. The number of anilines is 1. The predicted molar refractivity (Wildman–Crippen MR) is 122 cm³/mol. The summed E-state index contributed by atoms with van der Waals surface area (Å²) in [4.78, 5) is 9.51. The topological polar surface area (TPSA) is 59.3 Å². The standard InChI is InChI=1S/C24H26N6O/c1-18-14-24(22-15-21(31-2)8-9-23(22)25-18)30-17-19(26-27-30)16-28-10-12-29(13-11-28)20-6-4-3-5-7-20/h3-9,14-15,17H,10-13,16H2,1-2H3. The van der Waals surface area contributed by atoms with Crippen LogP contribution in [0, 0.1) is 6.92 Å². The van der Waals surface area contributed by atoms with Gasteiger partial charge in [-0.3, -0.25) is 9.88 Å². The maximum absolute atomic E-state index is 5.41. The molecule has 0 N–H and O–H groups in total. The third-order valence-corrected chi connectivity index (χ3v) is 5.79. The summed E-state index contributed by atoms with van der Waals surface area (Å²) in [6.07, 6.45) is 2.03. The van der Waals surface area contributed by atoms with Gasteiger partial charge in [0.2, 0.25) is 0 Å². The van der Waals surface area contributed by atoms with E-state index >= 15 is 0 Å². The second kappa shape index (κ2) is 8.35. The summed E-state index contributed by atoms with van der Waals surface area (Å²) < 4.78 is 7.26. The van der Waals surface area contributed by atoms with Crippen LogP contribution in [0.15, 0.2) is 60.8 Å². The van der Waals surface area contributed by atoms with Crippen molar-refractivity contribution in [1.29, 1.82) is 0 Å². The predicted octanol–water partition coefficient (Wildman–Crippen LogP) is 3.45. The van der Waals surface area contributed by atoms with Gasteiger partial charge in [0, 0.05) is 49.5 Å². The Morgan fingerprint density at radius 3 is 2.55 bits per heavy atom. The average molecular weight is 415 g/mol. The first-order valence-corrected chi connectivity index (χ1v) is 10.6. The van der Waals surface area contributed by atoms with Crippen molar-refractivity contribution >= 4 is 16.6 Å². The number of hydrogen-bond acceptors (Lipinski definition) is 6. The number of pyridine rings is 1. The molecule has 31 heavy (non-hydrogen) atoms. The number of hydrogen-bond donors (Lipinski definition) is 0. The normalized spacial score (nSPS) is 14.8. The molecule has 1 aliphatic heterocycles. The number of fused-ring (bicyclic) bond motifs is 1. The Hall–Kier alpha value is -3.45. The van der Waals surface area contributed by atoms with Gasteiger partial charge in [0.25, 0.3) is 0 Å². The van der Waals surface area contributed by atoms with Crippen LogP contribution in [0.5, 0.6) is 5.75 Å². The molecule has 1 saturated heterocycles. The van der Waals surface area contributed by atoms with Crippen LogP contribution in [0.25, 0.3) is 16.6 Å². The maximum Gasteiger partial charge on any atom is 0.119 e. The maximum atomic E-state index is 5.41. The van der Waals surface area contributed by atoms with Gasteiger partial charge >= 0.3 is 0 Å². The largest absolute Gasteiger partial charge is 0.497 e. The molecular formula is C24H26N6O. The van der Waals surface area contributed by atoms with E-state index in [4.69, 9.17) is 4.74 Å². The number of aromatic nitrogens is 4. The molecule has 7 nitrogen and oxygen atoms in total. The van der Waals surface area contributed by atoms with Gasteiger partial charge in [0.15, 0.2) is 0 Å². The number of piperazine rings is 1. The number of ether oxygens (including phenoxy) is 1. The molecule has 1 aliphatic rings. The van der Waals surface area contributed by atoms with Gasteiger partial charge in [-0.05, 0) is 43.3 Å². The molecule has 0 spiro atoms. The van der Waals surface area contributed by atoms with E-state index in [0.717, 1.165) is 66.5 Å². The zero-order valence-electron chi connectivity index (χ0n) is 17.9. The Balaban J connectivity index is 1.32. The lowest BCUT2D eigenvalue weighted by Crippen LogP contribution is -2.46. The fraction of sp³-hybridized carbons (Fsp3) is 0.292. The van der Waals surface area contributed by atoms with E-state index < -0.39 is 0 Å². The third kappa shape index (κ3) is 4.09. The zero-order chi connectivity index (χ0) is 21.2. The lowest BCUT2D eigenvalue weighted by Gasteiger charge is -2.35. The highest BCUT2D eigenvalue weighted by atomic mass is 16.5. The first-order valence-electron chi connectivity index (χ1n) is 10.6. The van der Waals surface area contributed by atoms with Gasteiger partial charge in [-0.1, -0.05) is 23.4 Å². The molecule has 0 amide bonds. The number of rotatable bonds is 5. The van der Waals surface area contributed by atoms with E-state index in [1.165, 1.54) is 5.69 Å². The molecule has 0 saturated carbocycles. The summed E-state index contributed by atoms with van der Waals surface area (Å²) in [5.41, 5.74) is 5.10. The van der Waals surface area contributed by atoms with Crippen LogP contribution in [-0.2, 0) is 6.54 Å². The minimum atomic E-state index is 0.800. The van der Waals surface area contributed by atoms with Crippen molar-refractivity contribution in [1.82, 2.24) is 24.9 Å². The van der Waals surface area contributed by atoms with Crippen LogP contribution in [0.1, 0.15) is 11.4 Å². The first kappa shape index (κ1) is 19.5. The molecule has 0 atom stereocenters. The summed E-state index contributed by atoms with van der Waals surface area (Å²) in [7, 11) is 1.67. The van der Waals surface area contributed by atoms with E-state index in [0.29, 0.717) is 0 Å². The molecule has 0 unspecified atom stereocenters. The molecule has 3 heterocycles. The highest BCUT2D eigenvalue weighted by Crippen LogP contribution is 2.26. The molecule has 158 valence electrons. The zero-order valence-corrected chi connectivity index (χ0v) is 17.9. The van der Waals surface area contributed by atoms with Crippen molar-refractivity contribution < 1.29 is 4.74 Å². The summed E-state index contributed by atoms with van der Waals surface area (Å²) in [5.74, 6) is 0.802. The van der Waals surface area contributed by atoms with Crippen LogP contribution < -0.4 is 9.64 Å². The van der Waals surface area contributed by atoms with Crippen LogP contribution in [0.2, 0.25) is 0 Å². The quantitative estimate of drug-likeness (QED) is 0.499. The number of para-hydroxylation sites is 1. The molecule has 2 aromatic carbocycles. The van der Waals surface area contributed by atoms with Gasteiger partial charge in [-0.15, -0.1) is 5.10 Å². The monoisotopic (exact) mass is 414 g/mol. The fourth-order valence-electron chi connectivity index (χ4n) is 4.15. The first-order chi connectivity index (χ1) is 15.2. The highest BCUT2D eigenvalue weighted by Gasteiger charge is 2.18. The minimum Gasteiger partial charge on any atom is -0.497 e. The number of benzene rings is 2. The van der Waals surface area contributed by atoms with E-state index in [9.17, 15) is 0 Å². The molecule has 5 rings (SSSR count).